The molecule has 75 heavy (non-hydrogen) atoms. The van der Waals surface area contributed by atoms with Crippen molar-refractivity contribution in [2.24, 2.45) is 0 Å². The van der Waals surface area contributed by atoms with Crippen LogP contribution in [0.4, 0.5) is 45.5 Å². The number of anilines is 6. The Balaban J connectivity index is 0.991. The average Bonchev–Trinajstić information content (AvgIpc) is 3.81. The van der Waals surface area contributed by atoms with Gasteiger partial charge in [0.2, 0.25) is 5.69 Å². The van der Waals surface area contributed by atoms with Crippen LogP contribution in [0.25, 0.3) is 82.2 Å². The van der Waals surface area contributed by atoms with Gasteiger partial charge in [0, 0.05) is 61.6 Å². The van der Waals surface area contributed by atoms with E-state index in [9.17, 15) is 5.26 Å². The van der Waals surface area contributed by atoms with E-state index < -0.39 is 0 Å². The molecular formula is C67H42N8. The van der Waals surface area contributed by atoms with Crippen LogP contribution in [0, 0.1) is 24.5 Å². The number of benzene rings is 10. The first-order valence-electron chi connectivity index (χ1n) is 24.4. The summed E-state index contributed by atoms with van der Waals surface area (Å²) in [7, 11) is 0. The minimum absolute atomic E-state index is 0.508. The zero-order valence-electron chi connectivity index (χ0n) is 40.3. The molecule has 12 rings (SSSR count). The number of rotatable bonds is 11. The first-order chi connectivity index (χ1) is 37.0. The van der Waals surface area contributed by atoms with Crippen LogP contribution in [0.2, 0.25) is 0 Å². The standard InChI is InChI=1S/C67H42N8/c1-69-52-30-34-56(35-31-52)74(54-21-13-6-14-22-54)58-37-40-65-60(43-58)59-42-57(73(53-19-11-5-12-20-53)55-32-23-46(45-68)24-33-55)36-39-64(59)75(65)66-38-29-51(41-63(66)70-2)47-25-27-49(28-26-47)62-44-61(48-15-7-3-8-16-48)71-67(72-62)50-17-9-4-10-18-50/h3-44H. The van der Waals surface area contributed by atoms with Crippen LogP contribution in [-0.4, -0.2) is 14.5 Å². The van der Waals surface area contributed by atoms with Crippen molar-refractivity contribution in [3.63, 3.8) is 0 Å². The van der Waals surface area contributed by atoms with Crippen LogP contribution >= 0.6 is 0 Å². The molecule has 0 saturated heterocycles. The van der Waals surface area contributed by atoms with E-state index in [1.807, 2.05) is 146 Å². The van der Waals surface area contributed by atoms with E-state index in [1.165, 1.54) is 0 Å². The van der Waals surface area contributed by atoms with Crippen molar-refractivity contribution in [2.45, 2.75) is 0 Å². The predicted molar refractivity (Wildman–Crippen MR) is 305 cm³/mol. The number of nitriles is 1. The molecule has 12 aromatic rings. The van der Waals surface area contributed by atoms with E-state index in [4.69, 9.17) is 23.1 Å². The minimum atomic E-state index is 0.508. The molecule has 0 atom stereocenters. The van der Waals surface area contributed by atoms with Gasteiger partial charge in [-0.2, -0.15) is 5.26 Å². The minimum Gasteiger partial charge on any atom is -0.319 e. The second-order valence-corrected chi connectivity index (χ2v) is 18.0. The van der Waals surface area contributed by atoms with Crippen molar-refractivity contribution in [3.8, 4) is 56.8 Å². The fourth-order valence-electron chi connectivity index (χ4n) is 9.83. The molecule has 10 aromatic carbocycles. The van der Waals surface area contributed by atoms with Gasteiger partial charge in [0.05, 0.1) is 52.9 Å². The van der Waals surface area contributed by atoms with Crippen LogP contribution in [0.1, 0.15) is 5.56 Å². The first-order valence-corrected chi connectivity index (χ1v) is 24.4. The lowest BCUT2D eigenvalue weighted by Crippen LogP contribution is -2.09. The zero-order chi connectivity index (χ0) is 50.7. The van der Waals surface area contributed by atoms with Gasteiger partial charge in [-0.25, -0.2) is 19.7 Å². The molecule has 0 saturated carbocycles. The van der Waals surface area contributed by atoms with Crippen molar-refractivity contribution in [1.82, 2.24) is 14.5 Å². The van der Waals surface area contributed by atoms with E-state index in [1.54, 1.807) is 0 Å². The van der Waals surface area contributed by atoms with Gasteiger partial charge in [-0.1, -0.05) is 140 Å². The Bertz CT molecular complexity index is 3960. The molecule has 0 radical (unpaired) electrons. The molecule has 0 aliphatic rings. The molecular weight excluding hydrogens is 917 g/mol. The van der Waals surface area contributed by atoms with E-state index >= 15 is 0 Å². The van der Waals surface area contributed by atoms with Gasteiger partial charge in [0.15, 0.2) is 11.5 Å². The smallest absolute Gasteiger partial charge is 0.211 e. The Kier molecular flexibility index (Phi) is 11.9. The SMILES string of the molecule is [C-]#[N+]c1ccc(N(c2ccccc2)c2ccc3c(c2)c2cc(N(c4ccccc4)c4ccc(C#N)cc4)ccc2n3-c2ccc(-c3ccc(-c4cc(-c5ccccc5)nc(-c5ccccc5)n4)cc3)cc2[N+]#[C-])cc1. The summed E-state index contributed by atoms with van der Waals surface area (Å²) in [4.78, 5) is 22.3. The summed E-state index contributed by atoms with van der Waals surface area (Å²) in [5, 5.41) is 11.7. The Hall–Kier alpha value is -10.9. The second kappa shape index (κ2) is 19.7. The van der Waals surface area contributed by atoms with Crippen molar-refractivity contribution in [1.29, 1.82) is 5.26 Å². The number of aromatic nitrogens is 3. The summed E-state index contributed by atoms with van der Waals surface area (Å²) in [6, 6.07) is 87.7. The molecule has 8 heteroatoms. The van der Waals surface area contributed by atoms with Gasteiger partial charge in [-0.05, 0) is 126 Å². The van der Waals surface area contributed by atoms with Gasteiger partial charge in [0.25, 0.3) is 0 Å². The third kappa shape index (κ3) is 8.76. The van der Waals surface area contributed by atoms with E-state index in [0.717, 1.165) is 101 Å². The highest BCUT2D eigenvalue weighted by molar-refractivity contribution is 6.12. The molecule has 8 nitrogen and oxygen atoms in total. The lowest BCUT2D eigenvalue weighted by atomic mass is 10.0. The van der Waals surface area contributed by atoms with Crippen LogP contribution in [0.5, 0.6) is 0 Å². The van der Waals surface area contributed by atoms with Gasteiger partial charge in [-0.3, -0.25) is 0 Å². The van der Waals surface area contributed by atoms with Crippen molar-refractivity contribution in [2.75, 3.05) is 9.80 Å². The molecule has 0 spiro atoms. The molecule has 0 bridgehead atoms. The highest BCUT2D eigenvalue weighted by Gasteiger charge is 2.22. The maximum Gasteiger partial charge on any atom is 0.211 e. The molecule has 0 aliphatic heterocycles. The van der Waals surface area contributed by atoms with E-state index in [0.29, 0.717) is 22.8 Å². The Morgan fingerprint density at radius 1 is 0.387 bits per heavy atom. The Morgan fingerprint density at radius 2 is 0.827 bits per heavy atom. The zero-order valence-corrected chi connectivity index (χ0v) is 40.3. The Morgan fingerprint density at radius 3 is 1.33 bits per heavy atom. The topological polar surface area (TPSA) is 69.7 Å². The summed E-state index contributed by atoms with van der Waals surface area (Å²) in [5.74, 6) is 0.659. The number of hydrogen-bond acceptors (Lipinski definition) is 5. The maximum absolute atomic E-state index is 9.68. The van der Waals surface area contributed by atoms with Gasteiger partial charge in [0.1, 0.15) is 0 Å². The summed E-state index contributed by atoms with van der Waals surface area (Å²) in [6.45, 7) is 16.3. The molecule has 0 fully saturated rings. The summed E-state index contributed by atoms with van der Waals surface area (Å²) in [5.41, 5.74) is 16.4. The van der Waals surface area contributed by atoms with Gasteiger partial charge >= 0.3 is 0 Å². The van der Waals surface area contributed by atoms with Crippen LogP contribution < -0.4 is 9.80 Å². The largest absolute Gasteiger partial charge is 0.319 e. The normalized spacial score (nSPS) is 10.9. The molecule has 0 aliphatic carbocycles. The second-order valence-electron chi connectivity index (χ2n) is 18.0. The Labute approximate surface area is 434 Å². The van der Waals surface area contributed by atoms with E-state index in [-0.39, 0.29) is 0 Å². The number of para-hydroxylation sites is 2. The summed E-state index contributed by atoms with van der Waals surface area (Å²) >= 11 is 0. The van der Waals surface area contributed by atoms with Crippen LogP contribution in [0.3, 0.4) is 0 Å². The van der Waals surface area contributed by atoms with Gasteiger partial charge < -0.3 is 14.4 Å². The average molecular weight is 959 g/mol. The van der Waals surface area contributed by atoms with Crippen LogP contribution in [0.15, 0.2) is 255 Å². The molecule has 2 heterocycles. The highest BCUT2D eigenvalue weighted by atomic mass is 15.2. The quantitative estimate of drug-likeness (QED) is 0.121. The summed E-state index contributed by atoms with van der Waals surface area (Å²) < 4.78 is 2.20. The fraction of sp³-hybridized carbons (Fsp3) is 0. The summed E-state index contributed by atoms with van der Waals surface area (Å²) in [6.07, 6.45) is 0. The van der Waals surface area contributed by atoms with Crippen molar-refractivity contribution < 1.29 is 0 Å². The third-order valence-electron chi connectivity index (χ3n) is 13.4. The fourth-order valence-corrected chi connectivity index (χ4v) is 9.83. The van der Waals surface area contributed by atoms with Gasteiger partial charge in [-0.15, -0.1) is 0 Å². The number of fused-ring (bicyclic) bond motifs is 3. The molecule has 2 aromatic heterocycles. The number of hydrogen-bond donors (Lipinski definition) is 0. The van der Waals surface area contributed by atoms with Crippen molar-refractivity contribution in [3.05, 3.63) is 283 Å². The molecule has 0 unspecified atom stereocenters. The third-order valence-corrected chi connectivity index (χ3v) is 13.4. The molecule has 0 amide bonds. The first kappa shape index (κ1) is 45.3. The molecule has 0 N–H and O–H groups in total. The maximum atomic E-state index is 9.68. The van der Waals surface area contributed by atoms with E-state index in [2.05, 4.69) is 139 Å². The lowest BCUT2D eigenvalue weighted by Gasteiger charge is -2.26. The van der Waals surface area contributed by atoms with Crippen LogP contribution in [-0.2, 0) is 0 Å². The monoisotopic (exact) mass is 958 g/mol. The van der Waals surface area contributed by atoms with Crippen molar-refractivity contribution >= 4 is 67.3 Å². The highest BCUT2D eigenvalue weighted by Crippen LogP contribution is 2.45. The predicted octanol–water partition coefficient (Wildman–Crippen LogP) is 18.2. The molecule has 350 valence electrons. The lowest BCUT2D eigenvalue weighted by molar-refractivity contribution is 1.18. The number of nitrogens with zero attached hydrogens (tertiary/aromatic N) is 8.